The second-order valence-electron chi connectivity index (χ2n) is 11.2. The Hall–Kier alpha value is -1.99. The van der Waals surface area contributed by atoms with Gasteiger partial charge in [0.05, 0.1) is 0 Å². The molecule has 0 bridgehead atoms. The van der Waals surface area contributed by atoms with Crippen LogP contribution < -0.4 is 5.48 Å². The first-order valence-corrected chi connectivity index (χ1v) is 15.2. The lowest BCUT2D eigenvalue weighted by Crippen LogP contribution is -2.39. The van der Waals surface area contributed by atoms with E-state index in [4.69, 9.17) is 9.57 Å². The number of amides is 1. The van der Waals surface area contributed by atoms with Gasteiger partial charge in [-0.25, -0.2) is 10.3 Å². The van der Waals surface area contributed by atoms with Gasteiger partial charge in [0, 0.05) is 32.0 Å². The number of fused-ring (bicyclic) bond motifs is 1. The summed E-state index contributed by atoms with van der Waals surface area (Å²) in [6, 6.07) is 16.1. The fourth-order valence-electron chi connectivity index (χ4n) is 5.90. The molecule has 6 nitrogen and oxygen atoms in total. The zero-order valence-electron chi connectivity index (χ0n) is 23.5. The number of piperidine rings is 1. The lowest BCUT2D eigenvalue weighted by molar-refractivity contribution is -0.200. The zero-order valence-corrected chi connectivity index (χ0v) is 23.5. The summed E-state index contributed by atoms with van der Waals surface area (Å²) < 4.78 is 5.51. The van der Waals surface area contributed by atoms with E-state index in [1.54, 1.807) is 0 Å². The number of carbonyl (C=O) groups excluding carboxylic acids is 1. The maximum Gasteiger partial charge on any atom is 0.243 e. The van der Waals surface area contributed by atoms with Gasteiger partial charge in [0.25, 0.3) is 0 Å². The van der Waals surface area contributed by atoms with Crippen LogP contribution in [0.15, 0.2) is 42.5 Å². The van der Waals surface area contributed by atoms with Gasteiger partial charge >= 0.3 is 0 Å². The van der Waals surface area contributed by atoms with Gasteiger partial charge in [-0.15, -0.1) is 0 Å². The summed E-state index contributed by atoms with van der Waals surface area (Å²) >= 11 is 0. The van der Waals surface area contributed by atoms with Crippen molar-refractivity contribution in [1.29, 1.82) is 0 Å². The maximum absolute atomic E-state index is 12.2. The molecule has 38 heavy (non-hydrogen) atoms. The highest BCUT2D eigenvalue weighted by atomic mass is 16.8. The van der Waals surface area contributed by atoms with E-state index in [-0.39, 0.29) is 12.2 Å². The van der Waals surface area contributed by atoms with Crippen molar-refractivity contribution < 1.29 is 14.4 Å². The molecule has 1 N–H and O–H groups in total. The minimum Gasteiger partial charge on any atom is -0.350 e. The standard InChI is InChI=1S/C32H49N3O3/c1-27-13-6-9-23-35(27)24-12-22-34(25-20-29-16-11-15-28-14-4-5-17-30(28)29)21-8-2-3-18-31(36)33-38-32-19-7-10-26-37-32/h4-5,11,14-17,27,32H,2-3,6-10,12-13,18-26H2,1H3,(H,33,36). The highest BCUT2D eigenvalue weighted by molar-refractivity contribution is 5.85. The number of hydrogen-bond acceptors (Lipinski definition) is 5. The lowest BCUT2D eigenvalue weighted by atomic mass is 10.0. The third-order valence-corrected chi connectivity index (χ3v) is 8.26. The molecule has 2 aliphatic rings. The van der Waals surface area contributed by atoms with Gasteiger partial charge in [-0.05, 0) is 101 Å². The van der Waals surface area contributed by atoms with Gasteiger partial charge in [0.2, 0.25) is 5.91 Å². The van der Waals surface area contributed by atoms with Crippen LogP contribution in [0.25, 0.3) is 10.8 Å². The Balaban J connectivity index is 1.20. The second-order valence-corrected chi connectivity index (χ2v) is 11.2. The SMILES string of the molecule is CC1CCCCN1CCCN(CCCCCC(=O)NOC1CCCCO1)CCc1cccc2ccccc12. The van der Waals surface area contributed by atoms with Crippen molar-refractivity contribution in [3.8, 4) is 0 Å². The molecule has 2 heterocycles. The molecule has 2 aromatic rings. The first kappa shape index (κ1) is 29.0. The van der Waals surface area contributed by atoms with Gasteiger partial charge in [-0.3, -0.25) is 4.79 Å². The number of nitrogens with one attached hydrogen (secondary N) is 1. The van der Waals surface area contributed by atoms with E-state index in [2.05, 4.69) is 64.7 Å². The van der Waals surface area contributed by atoms with Crippen molar-refractivity contribution >= 4 is 16.7 Å². The van der Waals surface area contributed by atoms with E-state index in [0.717, 1.165) is 70.6 Å². The number of nitrogens with zero attached hydrogens (tertiary/aromatic N) is 2. The molecule has 2 saturated heterocycles. The summed E-state index contributed by atoms with van der Waals surface area (Å²) in [5.74, 6) is -0.0392. The molecule has 0 saturated carbocycles. The van der Waals surface area contributed by atoms with E-state index in [1.807, 2.05) is 0 Å². The van der Waals surface area contributed by atoms with E-state index in [1.165, 1.54) is 55.1 Å². The monoisotopic (exact) mass is 523 g/mol. The van der Waals surface area contributed by atoms with Gasteiger partial charge < -0.3 is 14.5 Å². The van der Waals surface area contributed by atoms with Crippen LogP contribution in [-0.4, -0.2) is 67.4 Å². The predicted molar refractivity (Wildman–Crippen MR) is 155 cm³/mol. The molecular formula is C32H49N3O3. The first-order chi connectivity index (χ1) is 18.7. The number of likely N-dealkylation sites (tertiary alicyclic amines) is 1. The molecule has 0 spiro atoms. The topological polar surface area (TPSA) is 54.0 Å². The van der Waals surface area contributed by atoms with E-state index >= 15 is 0 Å². The quantitative estimate of drug-likeness (QED) is 0.226. The van der Waals surface area contributed by atoms with Crippen LogP contribution in [0, 0.1) is 0 Å². The van der Waals surface area contributed by atoms with Crippen molar-refractivity contribution in [2.75, 3.05) is 39.3 Å². The number of carbonyl (C=O) groups is 1. The first-order valence-electron chi connectivity index (χ1n) is 15.2. The van der Waals surface area contributed by atoms with Crippen molar-refractivity contribution in [3.05, 3.63) is 48.0 Å². The van der Waals surface area contributed by atoms with Gasteiger partial charge in [-0.2, -0.15) is 0 Å². The van der Waals surface area contributed by atoms with Crippen molar-refractivity contribution in [3.63, 3.8) is 0 Å². The van der Waals surface area contributed by atoms with E-state index in [9.17, 15) is 4.79 Å². The second kappa shape index (κ2) is 16.2. The Bertz CT molecular complexity index is 957. The maximum atomic E-state index is 12.2. The van der Waals surface area contributed by atoms with Crippen LogP contribution in [0.2, 0.25) is 0 Å². The molecule has 0 aliphatic carbocycles. The molecule has 4 rings (SSSR count). The van der Waals surface area contributed by atoms with Crippen molar-refractivity contribution in [2.45, 2.75) is 96.3 Å². The Morgan fingerprint density at radius 2 is 1.82 bits per heavy atom. The molecule has 2 aromatic carbocycles. The van der Waals surface area contributed by atoms with Gasteiger partial charge in [-0.1, -0.05) is 55.3 Å². The Labute approximate surface area is 230 Å². The normalized spacial score (nSPS) is 20.7. The Morgan fingerprint density at radius 3 is 2.68 bits per heavy atom. The summed E-state index contributed by atoms with van der Waals surface area (Å²) in [5.41, 5.74) is 4.03. The van der Waals surface area contributed by atoms with E-state index in [0.29, 0.717) is 13.0 Å². The third-order valence-electron chi connectivity index (χ3n) is 8.26. The van der Waals surface area contributed by atoms with Crippen LogP contribution in [0.4, 0.5) is 0 Å². The number of unbranched alkanes of at least 4 members (excludes halogenated alkanes) is 2. The molecule has 0 aromatic heterocycles. The zero-order chi connectivity index (χ0) is 26.4. The molecule has 210 valence electrons. The fraction of sp³-hybridized carbons (Fsp3) is 0.656. The average molecular weight is 524 g/mol. The number of hydrogen-bond donors (Lipinski definition) is 1. The van der Waals surface area contributed by atoms with Crippen molar-refractivity contribution in [1.82, 2.24) is 15.3 Å². The number of ether oxygens (including phenoxy) is 1. The Kier molecular flexibility index (Phi) is 12.4. The number of rotatable bonds is 15. The Morgan fingerprint density at radius 1 is 0.974 bits per heavy atom. The molecule has 6 heteroatoms. The van der Waals surface area contributed by atoms with Gasteiger partial charge in [0.1, 0.15) is 0 Å². The fourth-order valence-corrected chi connectivity index (χ4v) is 5.90. The summed E-state index contributed by atoms with van der Waals surface area (Å²) in [7, 11) is 0. The predicted octanol–water partition coefficient (Wildman–Crippen LogP) is 6.08. The van der Waals surface area contributed by atoms with Crippen LogP contribution in [0.5, 0.6) is 0 Å². The summed E-state index contributed by atoms with van der Waals surface area (Å²) in [4.78, 5) is 22.9. The summed E-state index contributed by atoms with van der Waals surface area (Å²) in [6.45, 7) is 8.89. The average Bonchev–Trinajstić information content (AvgIpc) is 2.95. The molecule has 2 fully saturated rings. The largest absolute Gasteiger partial charge is 0.350 e. The van der Waals surface area contributed by atoms with Crippen LogP contribution in [0.1, 0.15) is 83.1 Å². The lowest BCUT2D eigenvalue weighted by Gasteiger charge is -2.34. The minimum atomic E-state index is -0.282. The molecule has 2 aliphatic heterocycles. The molecule has 0 radical (unpaired) electrons. The van der Waals surface area contributed by atoms with Gasteiger partial charge in [0.15, 0.2) is 6.29 Å². The molecule has 2 atom stereocenters. The number of hydroxylamine groups is 1. The number of benzene rings is 2. The smallest absolute Gasteiger partial charge is 0.243 e. The highest BCUT2D eigenvalue weighted by Gasteiger charge is 2.18. The highest BCUT2D eigenvalue weighted by Crippen LogP contribution is 2.20. The van der Waals surface area contributed by atoms with E-state index < -0.39 is 0 Å². The summed E-state index contributed by atoms with van der Waals surface area (Å²) in [5, 5.41) is 2.71. The van der Waals surface area contributed by atoms with Crippen LogP contribution in [-0.2, 0) is 20.8 Å². The third kappa shape index (κ3) is 9.64. The molecule has 1 amide bonds. The van der Waals surface area contributed by atoms with Crippen LogP contribution in [0.3, 0.4) is 0 Å². The van der Waals surface area contributed by atoms with Crippen LogP contribution >= 0.6 is 0 Å². The summed E-state index contributed by atoms with van der Waals surface area (Å²) in [6.07, 6.45) is 12.7. The minimum absolute atomic E-state index is 0.0392. The molecular weight excluding hydrogens is 474 g/mol. The van der Waals surface area contributed by atoms with Crippen molar-refractivity contribution in [2.24, 2.45) is 0 Å². The molecule has 2 unspecified atom stereocenters.